The normalized spacial score (nSPS) is 15.4. The van der Waals surface area contributed by atoms with Crippen LogP contribution in [0.3, 0.4) is 0 Å². The number of fused-ring (bicyclic) bond motifs is 1. The van der Waals surface area contributed by atoms with Crippen molar-refractivity contribution < 1.29 is 9.53 Å². The van der Waals surface area contributed by atoms with E-state index in [1.165, 1.54) is 11.8 Å². The number of ether oxygens (including phenoxy) is 1. The summed E-state index contributed by atoms with van der Waals surface area (Å²) < 4.78 is 8.05. The van der Waals surface area contributed by atoms with Crippen molar-refractivity contribution in [2.45, 2.75) is 30.8 Å². The number of esters is 1. The summed E-state index contributed by atoms with van der Waals surface area (Å²) in [7, 11) is 0. The maximum atomic E-state index is 12.8. The molecular weight excluding hydrogens is 500 g/mol. The predicted molar refractivity (Wildman–Crippen MR) is 126 cm³/mol. The maximum absolute atomic E-state index is 12.8. The van der Waals surface area contributed by atoms with E-state index in [-0.39, 0.29) is 5.97 Å². The van der Waals surface area contributed by atoms with Gasteiger partial charge in [0.25, 0.3) is 0 Å². The van der Waals surface area contributed by atoms with Gasteiger partial charge < -0.3 is 10.1 Å². The molecule has 3 aromatic rings. The summed E-state index contributed by atoms with van der Waals surface area (Å²) in [5.41, 5.74) is 3.24. The first kappa shape index (κ1) is 21.9. The van der Waals surface area contributed by atoms with Gasteiger partial charge in [0.1, 0.15) is 6.04 Å². The zero-order valence-corrected chi connectivity index (χ0v) is 20.1. The molecule has 0 radical (unpaired) electrons. The quantitative estimate of drug-likeness (QED) is 0.326. The molecule has 0 saturated heterocycles. The largest absolute Gasteiger partial charge is 0.463 e. The van der Waals surface area contributed by atoms with E-state index < -0.39 is 6.04 Å². The van der Waals surface area contributed by atoms with Crippen LogP contribution in [0.25, 0.3) is 0 Å². The van der Waals surface area contributed by atoms with Crippen LogP contribution in [0.4, 0.5) is 5.95 Å². The fourth-order valence-corrected chi connectivity index (χ4v) is 4.64. The molecule has 1 aromatic heterocycles. The van der Waals surface area contributed by atoms with Crippen LogP contribution in [0.1, 0.15) is 31.0 Å². The fraction of sp³-hybridized carbons (Fsp3) is 0.227. The molecular formula is C22H20BrClN4O2S. The molecule has 1 atom stereocenters. The Labute approximate surface area is 198 Å². The first-order chi connectivity index (χ1) is 15.0. The number of halogens is 2. The molecule has 1 aliphatic rings. The number of nitrogens with zero attached hydrogens (tertiary/aromatic N) is 3. The number of anilines is 1. The monoisotopic (exact) mass is 518 g/mol. The Balaban J connectivity index is 1.68. The molecule has 160 valence electrons. The van der Waals surface area contributed by atoms with Gasteiger partial charge >= 0.3 is 5.97 Å². The van der Waals surface area contributed by atoms with Gasteiger partial charge in [-0.2, -0.15) is 4.98 Å². The SMILES string of the molecule is CCOC(=O)C1=C(C)Nc2nc(SCc3cccc(Cl)c3)nn2[C@@H]1c1ccc(Br)cc1. The number of carbonyl (C=O) groups excluding carboxylic acids is 1. The van der Waals surface area contributed by atoms with Crippen LogP contribution in [0.15, 0.2) is 69.4 Å². The van der Waals surface area contributed by atoms with E-state index in [4.69, 9.17) is 21.4 Å². The lowest BCUT2D eigenvalue weighted by molar-refractivity contribution is -0.139. The van der Waals surface area contributed by atoms with E-state index in [0.29, 0.717) is 39.8 Å². The maximum Gasteiger partial charge on any atom is 0.338 e. The van der Waals surface area contributed by atoms with Gasteiger partial charge in [0.2, 0.25) is 11.1 Å². The second-order valence-corrected chi connectivity index (χ2v) is 9.21. The van der Waals surface area contributed by atoms with Crippen molar-refractivity contribution in [2.75, 3.05) is 11.9 Å². The van der Waals surface area contributed by atoms with Crippen molar-refractivity contribution >= 4 is 51.2 Å². The van der Waals surface area contributed by atoms with Crippen LogP contribution in [0.2, 0.25) is 5.02 Å². The number of nitrogens with one attached hydrogen (secondary N) is 1. The summed E-state index contributed by atoms with van der Waals surface area (Å²) in [5.74, 6) is 0.908. The highest BCUT2D eigenvalue weighted by molar-refractivity contribution is 9.10. The molecule has 1 N–H and O–H groups in total. The third-order valence-corrected chi connectivity index (χ3v) is 6.44. The van der Waals surface area contributed by atoms with Crippen LogP contribution in [0.5, 0.6) is 0 Å². The zero-order chi connectivity index (χ0) is 22.0. The Bertz CT molecular complexity index is 1150. The second-order valence-electron chi connectivity index (χ2n) is 6.92. The summed E-state index contributed by atoms with van der Waals surface area (Å²) in [6.45, 7) is 3.95. The molecule has 2 heterocycles. The van der Waals surface area contributed by atoms with Gasteiger partial charge in [-0.3, -0.25) is 0 Å². The van der Waals surface area contributed by atoms with Crippen molar-refractivity contribution in [3.63, 3.8) is 0 Å². The molecule has 0 aliphatic carbocycles. The van der Waals surface area contributed by atoms with Crippen molar-refractivity contribution in [3.05, 3.63) is 80.4 Å². The lowest BCUT2D eigenvalue weighted by atomic mass is 9.96. The number of hydrogen-bond acceptors (Lipinski definition) is 6. The zero-order valence-electron chi connectivity index (χ0n) is 16.9. The van der Waals surface area contributed by atoms with Gasteiger partial charge in [0.05, 0.1) is 12.2 Å². The lowest BCUT2D eigenvalue weighted by Crippen LogP contribution is -2.29. The molecule has 0 amide bonds. The number of aromatic nitrogens is 3. The Hall–Kier alpha value is -2.29. The standard InChI is InChI=1S/C22H20BrClN4O2S/c1-3-30-20(29)18-13(2)25-21-26-22(31-12-14-5-4-6-17(24)11-14)27-28(21)19(18)15-7-9-16(23)10-8-15/h4-11,19H,3,12H2,1-2H3,(H,25,26,27)/t19-/m1/s1. The molecule has 2 aromatic carbocycles. The number of allylic oxidation sites excluding steroid dienone is 1. The third kappa shape index (κ3) is 4.81. The highest BCUT2D eigenvalue weighted by Crippen LogP contribution is 2.37. The van der Waals surface area contributed by atoms with Gasteiger partial charge in [-0.25, -0.2) is 9.48 Å². The van der Waals surface area contributed by atoms with Gasteiger partial charge in [-0.1, -0.05) is 63.6 Å². The first-order valence-corrected chi connectivity index (χ1v) is 11.9. The minimum Gasteiger partial charge on any atom is -0.463 e. The van der Waals surface area contributed by atoms with Crippen molar-refractivity contribution in [1.29, 1.82) is 0 Å². The number of hydrogen-bond donors (Lipinski definition) is 1. The minimum absolute atomic E-state index is 0.299. The third-order valence-electron chi connectivity index (χ3n) is 4.77. The molecule has 1 aliphatic heterocycles. The number of benzene rings is 2. The molecule has 0 fully saturated rings. The van der Waals surface area contributed by atoms with Crippen molar-refractivity contribution in [2.24, 2.45) is 0 Å². The fourth-order valence-electron chi connectivity index (χ4n) is 3.39. The molecule has 0 unspecified atom stereocenters. The smallest absolute Gasteiger partial charge is 0.338 e. The number of carbonyl (C=O) groups is 1. The molecule has 0 bridgehead atoms. The Kier molecular flexibility index (Phi) is 6.69. The summed E-state index contributed by atoms with van der Waals surface area (Å²) in [6, 6.07) is 15.1. The summed E-state index contributed by atoms with van der Waals surface area (Å²) in [4.78, 5) is 17.5. The second kappa shape index (κ2) is 9.46. The van der Waals surface area contributed by atoms with Crippen LogP contribution in [-0.4, -0.2) is 27.3 Å². The van der Waals surface area contributed by atoms with E-state index in [1.807, 2.05) is 55.5 Å². The van der Waals surface area contributed by atoms with Crippen LogP contribution in [-0.2, 0) is 15.3 Å². The van der Waals surface area contributed by atoms with E-state index in [0.717, 1.165) is 15.6 Å². The van der Waals surface area contributed by atoms with Crippen molar-refractivity contribution in [1.82, 2.24) is 14.8 Å². The summed E-state index contributed by atoms with van der Waals surface area (Å²) >= 11 is 11.1. The Morgan fingerprint density at radius 2 is 2.06 bits per heavy atom. The van der Waals surface area contributed by atoms with Crippen LogP contribution < -0.4 is 5.32 Å². The highest BCUT2D eigenvalue weighted by atomic mass is 79.9. The number of thioether (sulfide) groups is 1. The average molecular weight is 520 g/mol. The van der Waals surface area contributed by atoms with Gasteiger partial charge in [0.15, 0.2) is 0 Å². The molecule has 9 heteroatoms. The predicted octanol–water partition coefficient (Wildman–Crippen LogP) is 5.84. The molecule has 0 saturated carbocycles. The average Bonchev–Trinajstić information content (AvgIpc) is 3.14. The van der Waals surface area contributed by atoms with E-state index in [9.17, 15) is 4.79 Å². The number of rotatable bonds is 6. The highest BCUT2D eigenvalue weighted by Gasteiger charge is 2.35. The molecule has 31 heavy (non-hydrogen) atoms. The first-order valence-electron chi connectivity index (χ1n) is 9.70. The Morgan fingerprint density at radius 3 is 2.77 bits per heavy atom. The summed E-state index contributed by atoms with van der Waals surface area (Å²) in [5, 5.41) is 9.24. The van der Waals surface area contributed by atoms with E-state index in [2.05, 4.69) is 26.2 Å². The minimum atomic E-state index is -0.434. The molecule has 6 nitrogen and oxygen atoms in total. The molecule has 4 rings (SSSR count). The van der Waals surface area contributed by atoms with Gasteiger partial charge in [-0.15, -0.1) is 5.10 Å². The van der Waals surface area contributed by atoms with E-state index in [1.54, 1.807) is 11.6 Å². The molecule has 0 spiro atoms. The summed E-state index contributed by atoms with van der Waals surface area (Å²) in [6.07, 6.45) is 0. The topological polar surface area (TPSA) is 69.0 Å². The van der Waals surface area contributed by atoms with Crippen molar-refractivity contribution in [3.8, 4) is 0 Å². The lowest BCUT2D eigenvalue weighted by Gasteiger charge is -2.28. The van der Waals surface area contributed by atoms with Crippen LogP contribution >= 0.6 is 39.3 Å². The Morgan fingerprint density at radius 1 is 1.29 bits per heavy atom. The van der Waals surface area contributed by atoms with Gasteiger partial charge in [0, 0.05) is 20.9 Å². The van der Waals surface area contributed by atoms with Gasteiger partial charge in [-0.05, 0) is 49.2 Å². The van der Waals surface area contributed by atoms with Crippen LogP contribution in [0, 0.1) is 0 Å². The van der Waals surface area contributed by atoms with E-state index >= 15 is 0 Å².